The maximum atomic E-state index is 13.7. The van der Waals surface area contributed by atoms with Gasteiger partial charge < -0.3 is 25.2 Å². The zero-order valence-corrected chi connectivity index (χ0v) is 17.0. The lowest BCUT2D eigenvalue weighted by Crippen LogP contribution is -2.48. The van der Waals surface area contributed by atoms with Gasteiger partial charge in [-0.2, -0.15) is 0 Å². The number of aliphatic imine (C=N–C) groups is 1. The van der Waals surface area contributed by atoms with E-state index in [4.69, 9.17) is 4.74 Å². The number of piperazine rings is 1. The highest BCUT2D eigenvalue weighted by molar-refractivity contribution is 5.79. The standard InChI is InChI=1S/C20H34FN5O/c1-16(15-26-11-9-25(4)10-12-26)13-23-20(22-3)24-14-17(2)27-19-8-6-5-7-18(19)21/h5-8,16-17H,9-15H2,1-4H3,(H2,22,23,24). The van der Waals surface area contributed by atoms with Crippen molar-refractivity contribution in [3.05, 3.63) is 30.1 Å². The van der Waals surface area contributed by atoms with E-state index in [1.807, 2.05) is 6.92 Å². The van der Waals surface area contributed by atoms with Crippen molar-refractivity contribution in [2.45, 2.75) is 20.0 Å². The summed E-state index contributed by atoms with van der Waals surface area (Å²) in [5.41, 5.74) is 0. The zero-order chi connectivity index (χ0) is 19.6. The molecular weight excluding hydrogens is 345 g/mol. The number of hydrogen-bond acceptors (Lipinski definition) is 4. The van der Waals surface area contributed by atoms with Crippen LogP contribution in [0.5, 0.6) is 5.75 Å². The van der Waals surface area contributed by atoms with Crippen molar-refractivity contribution in [3.8, 4) is 5.75 Å². The minimum Gasteiger partial charge on any atom is -0.486 e. The predicted molar refractivity (Wildman–Crippen MR) is 109 cm³/mol. The van der Waals surface area contributed by atoms with Gasteiger partial charge in [0.1, 0.15) is 6.10 Å². The van der Waals surface area contributed by atoms with Crippen LogP contribution in [0.4, 0.5) is 4.39 Å². The van der Waals surface area contributed by atoms with Gasteiger partial charge in [-0.1, -0.05) is 19.1 Å². The van der Waals surface area contributed by atoms with Crippen LogP contribution in [0.1, 0.15) is 13.8 Å². The highest BCUT2D eigenvalue weighted by Crippen LogP contribution is 2.16. The number of guanidine groups is 1. The number of likely N-dealkylation sites (N-methyl/N-ethyl adjacent to an activating group) is 1. The second-order valence-corrected chi connectivity index (χ2v) is 7.40. The minimum atomic E-state index is -0.343. The molecule has 1 aromatic carbocycles. The van der Waals surface area contributed by atoms with Crippen LogP contribution in [0.25, 0.3) is 0 Å². The largest absolute Gasteiger partial charge is 0.486 e. The molecule has 0 bridgehead atoms. The number of rotatable bonds is 8. The molecule has 6 nitrogen and oxygen atoms in total. The third-order valence-corrected chi connectivity index (χ3v) is 4.73. The molecule has 0 amide bonds. The van der Waals surface area contributed by atoms with Crippen molar-refractivity contribution in [1.82, 2.24) is 20.4 Å². The summed E-state index contributed by atoms with van der Waals surface area (Å²) in [7, 11) is 3.93. The second-order valence-electron chi connectivity index (χ2n) is 7.40. The van der Waals surface area contributed by atoms with E-state index in [9.17, 15) is 4.39 Å². The fourth-order valence-electron chi connectivity index (χ4n) is 3.07. The Balaban J connectivity index is 1.67. The van der Waals surface area contributed by atoms with Gasteiger partial charge >= 0.3 is 0 Å². The van der Waals surface area contributed by atoms with Crippen LogP contribution < -0.4 is 15.4 Å². The lowest BCUT2D eigenvalue weighted by atomic mass is 10.1. The maximum absolute atomic E-state index is 13.7. The zero-order valence-electron chi connectivity index (χ0n) is 17.0. The van der Waals surface area contributed by atoms with Crippen LogP contribution in [-0.2, 0) is 0 Å². The third kappa shape index (κ3) is 7.72. The summed E-state index contributed by atoms with van der Waals surface area (Å²) in [4.78, 5) is 9.15. The average molecular weight is 380 g/mol. The molecule has 1 fully saturated rings. The number of nitrogens with zero attached hydrogens (tertiary/aromatic N) is 3. The number of nitrogens with one attached hydrogen (secondary N) is 2. The van der Waals surface area contributed by atoms with Gasteiger partial charge in [0.2, 0.25) is 0 Å². The van der Waals surface area contributed by atoms with E-state index >= 15 is 0 Å². The number of benzene rings is 1. The first kappa shape index (κ1) is 21.4. The van der Waals surface area contributed by atoms with Crippen LogP contribution in [0, 0.1) is 11.7 Å². The van der Waals surface area contributed by atoms with Crippen LogP contribution in [-0.4, -0.2) is 81.8 Å². The Labute approximate surface area is 162 Å². The van der Waals surface area contributed by atoms with Gasteiger partial charge in [0, 0.05) is 46.3 Å². The molecule has 2 unspecified atom stereocenters. The number of halogens is 1. The molecule has 0 spiro atoms. The Morgan fingerprint density at radius 1 is 1.15 bits per heavy atom. The van der Waals surface area contributed by atoms with Crippen molar-refractivity contribution in [3.63, 3.8) is 0 Å². The summed E-state index contributed by atoms with van der Waals surface area (Å²) in [5.74, 6) is 1.20. The second kappa shape index (κ2) is 11.1. The third-order valence-electron chi connectivity index (χ3n) is 4.73. The molecule has 0 aromatic heterocycles. The topological polar surface area (TPSA) is 52.1 Å². The molecule has 2 atom stereocenters. The fourth-order valence-corrected chi connectivity index (χ4v) is 3.07. The Morgan fingerprint density at radius 3 is 2.48 bits per heavy atom. The molecule has 1 heterocycles. The van der Waals surface area contributed by atoms with Crippen LogP contribution in [0.2, 0.25) is 0 Å². The summed E-state index contributed by atoms with van der Waals surface area (Å²) in [6, 6.07) is 6.46. The van der Waals surface area contributed by atoms with Gasteiger partial charge in [-0.3, -0.25) is 4.99 Å². The SMILES string of the molecule is CN=C(NCC(C)CN1CCN(C)CC1)NCC(C)Oc1ccccc1F. The van der Waals surface area contributed by atoms with Crippen molar-refractivity contribution in [2.75, 3.05) is 59.9 Å². The monoisotopic (exact) mass is 379 g/mol. The maximum Gasteiger partial charge on any atom is 0.191 e. The van der Waals surface area contributed by atoms with Gasteiger partial charge in [0.05, 0.1) is 6.54 Å². The number of ether oxygens (including phenoxy) is 1. The fraction of sp³-hybridized carbons (Fsp3) is 0.650. The van der Waals surface area contributed by atoms with Crippen molar-refractivity contribution in [2.24, 2.45) is 10.9 Å². The summed E-state index contributed by atoms with van der Waals surface area (Å²) in [6.07, 6.45) is -0.178. The number of hydrogen-bond donors (Lipinski definition) is 2. The van der Waals surface area contributed by atoms with Crippen LogP contribution >= 0.6 is 0 Å². The quantitative estimate of drug-likeness (QED) is 0.531. The Hall–Kier alpha value is -1.86. The highest BCUT2D eigenvalue weighted by Gasteiger charge is 2.16. The van der Waals surface area contributed by atoms with Crippen LogP contribution in [0.15, 0.2) is 29.3 Å². The van der Waals surface area contributed by atoms with Gasteiger partial charge in [0.15, 0.2) is 17.5 Å². The molecule has 0 saturated carbocycles. The van der Waals surface area contributed by atoms with E-state index in [1.165, 1.54) is 6.07 Å². The molecular formula is C20H34FN5O. The molecule has 1 aliphatic heterocycles. The van der Waals surface area contributed by atoms with E-state index in [2.05, 4.69) is 39.4 Å². The minimum absolute atomic E-state index is 0.178. The van der Waals surface area contributed by atoms with Crippen LogP contribution in [0.3, 0.4) is 0 Å². The molecule has 1 saturated heterocycles. The van der Waals surface area contributed by atoms with E-state index in [0.29, 0.717) is 12.5 Å². The first-order valence-corrected chi connectivity index (χ1v) is 9.74. The van der Waals surface area contributed by atoms with E-state index in [1.54, 1.807) is 25.2 Å². The molecule has 152 valence electrons. The lowest BCUT2D eigenvalue weighted by Gasteiger charge is -2.34. The normalized spacial score (nSPS) is 18.8. The van der Waals surface area contributed by atoms with E-state index in [-0.39, 0.29) is 17.7 Å². The van der Waals surface area contributed by atoms with E-state index in [0.717, 1.165) is 45.2 Å². The van der Waals surface area contributed by atoms with Gasteiger partial charge in [-0.25, -0.2) is 4.39 Å². The van der Waals surface area contributed by atoms with Crippen molar-refractivity contribution >= 4 is 5.96 Å². The summed E-state index contributed by atoms with van der Waals surface area (Å²) < 4.78 is 19.3. The number of para-hydroxylation sites is 1. The molecule has 0 radical (unpaired) electrons. The van der Waals surface area contributed by atoms with E-state index < -0.39 is 0 Å². The molecule has 2 rings (SSSR count). The van der Waals surface area contributed by atoms with Gasteiger partial charge in [-0.05, 0) is 32.0 Å². The lowest BCUT2D eigenvalue weighted by molar-refractivity contribution is 0.139. The highest BCUT2D eigenvalue weighted by atomic mass is 19.1. The predicted octanol–water partition coefficient (Wildman–Crippen LogP) is 1.64. The molecule has 27 heavy (non-hydrogen) atoms. The molecule has 1 aromatic rings. The summed E-state index contributed by atoms with van der Waals surface area (Å²) in [5, 5.41) is 6.62. The Kier molecular flexibility index (Phi) is 8.81. The molecule has 7 heteroatoms. The smallest absolute Gasteiger partial charge is 0.191 e. The summed E-state index contributed by atoms with van der Waals surface area (Å²) in [6.45, 7) is 11.2. The summed E-state index contributed by atoms with van der Waals surface area (Å²) >= 11 is 0. The Bertz CT molecular complexity index is 589. The average Bonchev–Trinajstić information content (AvgIpc) is 2.65. The molecule has 2 N–H and O–H groups in total. The molecule has 1 aliphatic rings. The first-order chi connectivity index (χ1) is 13.0. The van der Waals surface area contributed by atoms with Gasteiger partial charge in [-0.15, -0.1) is 0 Å². The first-order valence-electron chi connectivity index (χ1n) is 9.74. The van der Waals surface area contributed by atoms with Crippen molar-refractivity contribution in [1.29, 1.82) is 0 Å². The molecule has 0 aliphatic carbocycles. The van der Waals surface area contributed by atoms with Gasteiger partial charge in [0.25, 0.3) is 0 Å². The Morgan fingerprint density at radius 2 is 1.81 bits per heavy atom. The van der Waals surface area contributed by atoms with Crippen molar-refractivity contribution < 1.29 is 9.13 Å².